The number of aromatic nitrogens is 4. The Morgan fingerprint density at radius 2 is 1.80 bits per heavy atom. The van der Waals surface area contributed by atoms with Crippen LogP contribution in [0.3, 0.4) is 0 Å². The predicted octanol–water partition coefficient (Wildman–Crippen LogP) is 2.46. The van der Waals surface area contributed by atoms with Gasteiger partial charge in [-0.15, -0.1) is 0 Å². The van der Waals surface area contributed by atoms with Crippen LogP contribution in [-0.2, 0) is 6.54 Å². The van der Waals surface area contributed by atoms with Crippen LogP contribution >= 0.6 is 0 Å². The Hall–Kier alpha value is -2.24. The lowest BCUT2D eigenvalue weighted by Crippen LogP contribution is -2.37. The quantitative estimate of drug-likeness (QED) is 0.838. The summed E-state index contributed by atoms with van der Waals surface area (Å²) in [5.74, 6) is 2.20. The highest BCUT2D eigenvalue weighted by Gasteiger charge is 2.30. The molecule has 130 valence electrons. The lowest BCUT2D eigenvalue weighted by molar-refractivity contribution is 0.480. The van der Waals surface area contributed by atoms with E-state index in [0.29, 0.717) is 18.4 Å². The topological polar surface area (TPSA) is 63.9 Å². The molecule has 1 atom stereocenters. The second-order valence-electron chi connectivity index (χ2n) is 7.62. The summed E-state index contributed by atoms with van der Waals surface area (Å²) in [6.07, 6.45) is 8.78. The zero-order valence-electron chi connectivity index (χ0n) is 14.3. The summed E-state index contributed by atoms with van der Waals surface area (Å²) in [4.78, 5) is 23.5. The first-order valence-electron chi connectivity index (χ1n) is 9.44. The Labute approximate surface area is 146 Å². The average molecular weight is 337 g/mol. The highest BCUT2D eigenvalue weighted by Crippen LogP contribution is 2.40. The van der Waals surface area contributed by atoms with Gasteiger partial charge in [0.15, 0.2) is 0 Å². The molecule has 2 aromatic rings. The van der Waals surface area contributed by atoms with Crippen LogP contribution in [0.25, 0.3) is 0 Å². The van der Waals surface area contributed by atoms with Crippen LogP contribution in [0.5, 0.6) is 0 Å². The van der Waals surface area contributed by atoms with Gasteiger partial charge in [-0.05, 0) is 44.6 Å². The van der Waals surface area contributed by atoms with E-state index in [1.807, 2.05) is 6.07 Å². The molecule has 3 fully saturated rings. The van der Waals surface area contributed by atoms with Crippen molar-refractivity contribution in [1.29, 1.82) is 0 Å². The largest absolute Gasteiger partial charge is 0.352 e. The van der Waals surface area contributed by atoms with Crippen molar-refractivity contribution >= 4 is 5.82 Å². The Bertz CT molecular complexity index is 840. The second kappa shape index (κ2) is 5.93. The highest BCUT2D eigenvalue weighted by molar-refractivity contribution is 5.42. The Balaban J connectivity index is 1.39. The smallest absolute Gasteiger partial charge is 0.266 e. The fourth-order valence-electron chi connectivity index (χ4n) is 3.84. The molecular weight excluding hydrogens is 314 g/mol. The molecule has 6 nitrogen and oxygen atoms in total. The summed E-state index contributed by atoms with van der Waals surface area (Å²) in [5, 5.41) is 4.63. The van der Waals surface area contributed by atoms with Crippen molar-refractivity contribution in [2.75, 3.05) is 11.4 Å². The molecule has 5 rings (SSSR count). The van der Waals surface area contributed by atoms with Crippen molar-refractivity contribution in [3.8, 4) is 0 Å². The molecule has 1 unspecified atom stereocenters. The molecule has 0 aromatic carbocycles. The van der Waals surface area contributed by atoms with Crippen LogP contribution in [0, 0.1) is 0 Å². The number of nitrogens with zero attached hydrogens (tertiary/aromatic N) is 5. The number of hydrogen-bond donors (Lipinski definition) is 0. The van der Waals surface area contributed by atoms with Gasteiger partial charge >= 0.3 is 0 Å². The van der Waals surface area contributed by atoms with Gasteiger partial charge in [-0.3, -0.25) is 4.79 Å². The van der Waals surface area contributed by atoms with Gasteiger partial charge in [-0.2, -0.15) is 5.10 Å². The van der Waals surface area contributed by atoms with E-state index >= 15 is 0 Å². The fraction of sp³-hybridized carbons (Fsp3) is 0.579. The van der Waals surface area contributed by atoms with E-state index in [2.05, 4.69) is 26.0 Å². The summed E-state index contributed by atoms with van der Waals surface area (Å²) in [5.41, 5.74) is 2.24. The Kier molecular flexibility index (Phi) is 3.57. The van der Waals surface area contributed by atoms with E-state index < -0.39 is 0 Å². The molecule has 2 saturated carbocycles. The third-order valence-corrected chi connectivity index (χ3v) is 5.61. The molecule has 3 aliphatic rings. The van der Waals surface area contributed by atoms with Gasteiger partial charge in [0.05, 0.1) is 18.3 Å². The molecule has 25 heavy (non-hydrogen) atoms. The van der Waals surface area contributed by atoms with E-state index in [1.54, 1.807) is 17.1 Å². The van der Waals surface area contributed by atoms with Crippen LogP contribution in [0.1, 0.15) is 61.7 Å². The number of rotatable bonds is 5. The normalized spacial score (nSPS) is 23.2. The molecule has 1 saturated heterocycles. The maximum absolute atomic E-state index is 12.3. The van der Waals surface area contributed by atoms with Crippen LogP contribution in [-0.4, -0.2) is 32.3 Å². The molecule has 6 heteroatoms. The van der Waals surface area contributed by atoms with Crippen LogP contribution in [0.15, 0.2) is 29.3 Å². The van der Waals surface area contributed by atoms with Gasteiger partial charge < -0.3 is 4.90 Å². The van der Waals surface area contributed by atoms with Gasteiger partial charge in [-0.1, -0.05) is 0 Å². The van der Waals surface area contributed by atoms with Crippen molar-refractivity contribution in [1.82, 2.24) is 19.7 Å². The first kappa shape index (κ1) is 15.0. The van der Waals surface area contributed by atoms with Crippen molar-refractivity contribution in [2.24, 2.45) is 0 Å². The molecule has 0 amide bonds. The van der Waals surface area contributed by atoms with Gasteiger partial charge in [-0.25, -0.2) is 14.6 Å². The summed E-state index contributed by atoms with van der Waals surface area (Å²) in [6.45, 7) is 1.63. The van der Waals surface area contributed by atoms with Gasteiger partial charge in [0.2, 0.25) is 0 Å². The number of hydrogen-bond acceptors (Lipinski definition) is 5. The van der Waals surface area contributed by atoms with Crippen molar-refractivity contribution in [3.05, 3.63) is 46.3 Å². The first-order chi connectivity index (χ1) is 12.3. The molecule has 3 heterocycles. The van der Waals surface area contributed by atoms with E-state index in [1.165, 1.54) is 31.4 Å². The highest BCUT2D eigenvalue weighted by atomic mass is 16.1. The minimum atomic E-state index is -0.00222. The van der Waals surface area contributed by atoms with Crippen LogP contribution in [0.4, 0.5) is 5.82 Å². The SMILES string of the molecule is O=c1ccc(C2CC2)nn1CC1CCCN1c1cc(C2CC2)ncn1. The van der Waals surface area contributed by atoms with Crippen LogP contribution < -0.4 is 10.5 Å². The Morgan fingerprint density at radius 1 is 1.00 bits per heavy atom. The van der Waals surface area contributed by atoms with E-state index in [4.69, 9.17) is 0 Å². The second-order valence-corrected chi connectivity index (χ2v) is 7.62. The van der Waals surface area contributed by atoms with Crippen molar-refractivity contribution in [2.45, 2.75) is 62.9 Å². The van der Waals surface area contributed by atoms with Crippen molar-refractivity contribution in [3.63, 3.8) is 0 Å². The molecule has 0 N–H and O–H groups in total. The van der Waals surface area contributed by atoms with Crippen molar-refractivity contribution < 1.29 is 0 Å². The molecule has 2 aliphatic carbocycles. The maximum atomic E-state index is 12.3. The van der Waals surface area contributed by atoms with Gasteiger partial charge in [0.25, 0.3) is 5.56 Å². The zero-order valence-corrected chi connectivity index (χ0v) is 14.3. The molecule has 0 bridgehead atoms. The lowest BCUT2D eigenvalue weighted by Gasteiger charge is -2.26. The number of anilines is 1. The summed E-state index contributed by atoms with van der Waals surface area (Å²) >= 11 is 0. The monoisotopic (exact) mass is 337 g/mol. The van der Waals surface area contributed by atoms with Crippen LogP contribution in [0.2, 0.25) is 0 Å². The average Bonchev–Trinajstić information content (AvgIpc) is 3.54. The lowest BCUT2D eigenvalue weighted by atomic mass is 10.2. The summed E-state index contributed by atoms with van der Waals surface area (Å²) in [6, 6.07) is 6.00. The Morgan fingerprint density at radius 3 is 2.60 bits per heavy atom. The van der Waals surface area contributed by atoms with E-state index in [0.717, 1.165) is 30.9 Å². The predicted molar refractivity (Wildman–Crippen MR) is 94.8 cm³/mol. The third kappa shape index (κ3) is 3.05. The summed E-state index contributed by atoms with van der Waals surface area (Å²) in [7, 11) is 0. The van der Waals surface area contributed by atoms with E-state index in [9.17, 15) is 4.79 Å². The molecule has 0 spiro atoms. The minimum Gasteiger partial charge on any atom is -0.352 e. The third-order valence-electron chi connectivity index (χ3n) is 5.61. The fourth-order valence-corrected chi connectivity index (χ4v) is 3.84. The van der Waals surface area contributed by atoms with Gasteiger partial charge in [0, 0.05) is 36.2 Å². The standard InChI is InChI=1S/C19H23N5O/c25-19-8-7-16(13-3-4-13)22-24(19)11-15-2-1-9-23(15)18-10-17(14-5-6-14)20-12-21-18/h7-8,10,12-15H,1-6,9,11H2. The molecule has 1 aliphatic heterocycles. The maximum Gasteiger partial charge on any atom is 0.266 e. The minimum absolute atomic E-state index is 0.00222. The summed E-state index contributed by atoms with van der Waals surface area (Å²) < 4.78 is 1.67. The first-order valence-corrected chi connectivity index (χ1v) is 9.44. The molecular formula is C19H23N5O. The molecule has 2 aromatic heterocycles. The molecule has 0 radical (unpaired) electrons. The van der Waals surface area contributed by atoms with E-state index in [-0.39, 0.29) is 11.6 Å². The van der Waals surface area contributed by atoms with Gasteiger partial charge in [0.1, 0.15) is 12.1 Å². The zero-order chi connectivity index (χ0) is 16.8.